The van der Waals surface area contributed by atoms with Gasteiger partial charge in [0.15, 0.2) is 0 Å². The molecule has 2 heteroatoms. The van der Waals surface area contributed by atoms with Crippen molar-refractivity contribution < 1.29 is 4.79 Å². The predicted octanol–water partition coefficient (Wildman–Crippen LogP) is 4.12. The highest BCUT2D eigenvalue weighted by Crippen LogP contribution is 2.41. The molecule has 1 aliphatic heterocycles. The van der Waals surface area contributed by atoms with E-state index in [0.29, 0.717) is 11.3 Å². The zero-order valence-electron chi connectivity index (χ0n) is 12.3. The quantitative estimate of drug-likeness (QED) is 0.712. The van der Waals surface area contributed by atoms with E-state index in [0.717, 1.165) is 19.3 Å². The highest BCUT2D eigenvalue weighted by molar-refractivity contribution is 5.80. The number of ketones is 1. The Kier molecular flexibility index (Phi) is 3.98. The molecule has 1 saturated heterocycles. The monoisotopic (exact) mass is 263 g/mol. The van der Waals surface area contributed by atoms with Gasteiger partial charge in [0.05, 0.1) is 0 Å². The number of rotatable bonds is 0. The van der Waals surface area contributed by atoms with Gasteiger partial charge >= 0.3 is 0 Å². The number of hydrogen-bond donors (Lipinski definition) is 1. The van der Waals surface area contributed by atoms with E-state index in [4.69, 9.17) is 0 Å². The summed E-state index contributed by atoms with van der Waals surface area (Å²) < 4.78 is 0. The van der Waals surface area contributed by atoms with Crippen LogP contribution in [0.2, 0.25) is 0 Å². The summed E-state index contributed by atoms with van der Waals surface area (Å²) in [4.78, 5) is 12.2. The first-order valence-corrected chi connectivity index (χ1v) is 8.53. The molecule has 0 radical (unpaired) electrons. The Morgan fingerprint density at radius 2 is 1.21 bits per heavy atom. The van der Waals surface area contributed by atoms with Gasteiger partial charge in [0.25, 0.3) is 0 Å². The summed E-state index contributed by atoms with van der Waals surface area (Å²) >= 11 is 0. The first kappa shape index (κ1) is 13.6. The van der Waals surface area contributed by atoms with E-state index in [-0.39, 0.29) is 5.54 Å². The molecule has 2 aliphatic carbocycles. The molecule has 2 nitrogen and oxygen atoms in total. The van der Waals surface area contributed by atoms with Gasteiger partial charge in [0.1, 0.15) is 5.78 Å². The van der Waals surface area contributed by atoms with E-state index >= 15 is 0 Å². The maximum atomic E-state index is 12.2. The van der Waals surface area contributed by atoms with Crippen molar-refractivity contribution in [2.75, 3.05) is 0 Å². The lowest BCUT2D eigenvalue weighted by molar-refractivity contribution is -0.120. The van der Waals surface area contributed by atoms with Gasteiger partial charge < -0.3 is 5.32 Å². The second-order valence-electron chi connectivity index (χ2n) is 7.38. The highest BCUT2D eigenvalue weighted by Gasteiger charge is 2.44. The molecule has 0 unspecified atom stereocenters. The minimum absolute atomic E-state index is 0.177. The molecule has 2 saturated carbocycles. The topological polar surface area (TPSA) is 29.1 Å². The molecular weight excluding hydrogens is 234 g/mol. The van der Waals surface area contributed by atoms with Gasteiger partial charge in [-0.25, -0.2) is 0 Å². The number of carbonyl (C=O) groups is 1. The van der Waals surface area contributed by atoms with Crippen LogP contribution >= 0.6 is 0 Å². The summed E-state index contributed by atoms with van der Waals surface area (Å²) in [5, 5.41) is 4.10. The molecule has 2 spiro atoms. The van der Waals surface area contributed by atoms with Crippen LogP contribution in [0.15, 0.2) is 0 Å². The highest BCUT2D eigenvalue weighted by atomic mass is 16.1. The largest absolute Gasteiger partial charge is 0.305 e. The van der Waals surface area contributed by atoms with Gasteiger partial charge in [-0.05, 0) is 32.1 Å². The van der Waals surface area contributed by atoms with Crippen LogP contribution in [-0.4, -0.2) is 16.9 Å². The molecular formula is C17H29NO. The Hall–Kier alpha value is -0.370. The maximum Gasteiger partial charge on any atom is 0.134 e. The molecule has 0 bridgehead atoms. The minimum Gasteiger partial charge on any atom is -0.305 e. The molecule has 0 amide bonds. The van der Waals surface area contributed by atoms with E-state index < -0.39 is 0 Å². The van der Waals surface area contributed by atoms with Crippen molar-refractivity contribution in [1.82, 2.24) is 5.32 Å². The average molecular weight is 263 g/mol. The van der Waals surface area contributed by atoms with Gasteiger partial charge in [0, 0.05) is 23.9 Å². The summed E-state index contributed by atoms with van der Waals surface area (Å²) in [7, 11) is 0. The third-order valence-electron chi connectivity index (χ3n) is 5.82. The van der Waals surface area contributed by atoms with E-state index in [1.54, 1.807) is 0 Å². The lowest BCUT2D eigenvalue weighted by Gasteiger charge is -2.45. The Bertz CT molecular complexity index is 322. The Labute approximate surface area is 117 Å². The second kappa shape index (κ2) is 5.55. The summed E-state index contributed by atoms with van der Waals surface area (Å²) in [6.07, 6.45) is 17.3. The smallest absolute Gasteiger partial charge is 0.134 e. The van der Waals surface area contributed by atoms with Crippen molar-refractivity contribution in [1.29, 1.82) is 0 Å². The molecule has 3 rings (SSSR count). The average Bonchev–Trinajstić information content (AvgIpc) is 2.69. The summed E-state index contributed by atoms with van der Waals surface area (Å²) in [5.41, 5.74) is 0.482. The summed E-state index contributed by atoms with van der Waals surface area (Å²) in [6, 6.07) is 0. The molecule has 0 aromatic rings. The molecule has 3 aliphatic rings. The number of hydrogen-bond acceptors (Lipinski definition) is 2. The molecule has 108 valence electrons. The van der Waals surface area contributed by atoms with Gasteiger partial charge in [-0.1, -0.05) is 44.9 Å². The van der Waals surface area contributed by atoms with Crippen molar-refractivity contribution in [2.24, 2.45) is 0 Å². The van der Waals surface area contributed by atoms with Crippen molar-refractivity contribution in [2.45, 2.75) is 101 Å². The van der Waals surface area contributed by atoms with Gasteiger partial charge in [-0.3, -0.25) is 4.79 Å². The second-order valence-corrected chi connectivity index (χ2v) is 7.38. The van der Waals surface area contributed by atoms with E-state index in [9.17, 15) is 4.79 Å². The van der Waals surface area contributed by atoms with Crippen molar-refractivity contribution in [3.63, 3.8) is 0 Å². The Balaban J connectivity index is 1.82. The fourth-order valence-electron chi connectivity index (χ4n) is 4.82. The van der Waals surface area contributed by atoms with Crippen LogP contribution in [0.3, 0.4) is 0 Å². The summed E-state index contributed by atoms with van der Waals surface area (Å²) in [5.74, 6) is 0.524. The van der Waals surface area contributed by atoms with Gasteiger partial charge in [-0.2, -0.15) is 0 Å². The van der Waals surface area contributed by atoms with Gasteiger partial charge in [0.2, 0.25) is 0 Å². The standard InChI is InChI=1S/C17H29NO/c19-15-8-13-16(9-4-1-2-5-10-16)18-17(14-15)11-6-3-7-12-17/h18H,1-14H2. The Morgan fingerprint density at radius 3 is 1.84 bits per heavy atom. The van der Waals surface area contributed by atoms with E-state index in [1.165, 1.54) is 70.6 Å². The lowest BCUT2D eigenvalue weighted by Crippen LogP contribution is -2.57. The lowest BCUT2D eigenvalue weighted by atomic mass is 9.76. The number of Topliss-reactive ketones (excluding diaryl/α,β-unsaturated/α-hetero) is 1. The van der Waals surface area contributed by atoms with Crippen molar-refractivity contribution in [3.05, 3.63) is 0 Å². The van der Waals surface area contributed by atoms with Crippen molar-refractivity contribution >= 4 is 5.78 Å². The molecule has 0 aromatic heterocycles. The zero-order chi connectivity index (χ0) is 13.2. The molecule has 0 aromatic carbocycles. The molecule has 19 heavy (non-hydrogen) atoms. The predicted molar refractivity (Wildman–Crippen MR) is 78.2 cm³/mol. The van der Waals surface area contributed by atoms with Crippen LogP contribution < -0.4 is 5.32 Å². The Morgan fingerprint density at radius 1 is 0.684 bits per heavy atom. The maximum absolute atomic E-state index is 12.2. The minimum atomic E-state index is 0.177. The van der Waals surface area contributed by atoms with E-state index in [1.807, 2.05) is 0 Å². The normalized spacial score (nSPS) is 31.1. The first-order valence-electron chi connectivity index (χ1n) is 8.53. The van der Waals surface area contributed by atoms with E-state index in [2.05, 4.69) is 5.32 Å². The van der Waals surface area contributed by atoms with Crippen LogP contribution in [0, 0.1) is 0 Å². The summed E-state index contributed by atoms with van der Waals surface area (Å²) in [6.45, 7) is 0. The van der Waals surface area contributed by atoms with Gasteiger partial charge in [-0.15, -0.1) is 0 Å². The first-order chi connectivity index (χ1) is 9.22. The van der Waals surface area contributed by atoms with Crippen LogP contribution in [-0.2, 0) is 4.79 Å². The zero-order valence-corrected chi connectivity index (χ0v) is 12.3. The van der Waals surface area contributed by atoms with Crippen LogP contribution in [0.5, 0.6) is 0 Å². The molecule has 1 heterocycles. The fourth-order valence-corrected chi connectivity index (χ4v) is 4.82. The van der Waals surface area contributed by atoms with Crippen LogP contribution in [0.4, 0.5) is 0 Å². The van der Waals surface area contributed by atoms with Crippen molar-refractivity contribution in [3.8, 4) is 0 Å². The fraction of sp³-hybridized carbons (Fsp3) is 0.941. The third-order valence-corrected chi connectivity index (χ3v) is 5.82. The SMILES string of the molecule is O=C1CCC2(CCCCCC2)NC2(CCCCC2)C1. The number of nitrogens with one attached hydrogen (secondary N) is 1. The van der Waals surface area contributed by atoms with Crippen LogP contribution in [0.1, 0.15) is 89.9 Å². The molecule has 0 atom stereocenters. The number of carbonyl (C=O) groups excluding carboxylic acids is 1. The molecule has 3 fully saturated rings. The van der Waals surface area contributed by atoms with Crippen LogP contribution in [0.25, 0.3) is 0 Å². The third kappa shape index (κ3) is 3.04. The molecule has 1 N–H and O–H groups in total.